The third-order valence-corrected chi connectivity index (χ3v) is 12.0. The lowest BCUT2D eigenvalue weighted by atomic mass is 10.1. The minimum absolute atomic E-state index is 0.0123. The number of methoxy groups -OCH3 is 2. The first kappa shape index (κ1) is 34.7. The molecule has 0 aliphatic heterocycles. The first-order chi connectivity index (χ1) is 18.5. The lowest BCUT2D eigenvalue weighted by Crippen LogP contribution is -2.11. The van der Waals surface area contributed by atoms with Crippen molar-refractivity contribution in [1.82, 2.24) is 0 Å². The number of unbranched alkanes of at least 4 members (excludes halogenated alkanes) is 3. The fraction of sp³-hybridized carbons (Fsp3) is 0.533. The Morgan fingerprint density at radius 3 is 1.54 bits per heavy atom. The van der Waals surface area contributed by atoms with Crippen LogP contribution in [0.15, 0.2) is 48.5 Å². The molecule has 0 heterocycles. The third-order valence-electron chi connectivity index (χ3n) is 6.50. The van der Waals surface area contributed by atoms with E-state index in [-0.39, 0.29) is 16.7 Å². The highest BCUT2D eigenvalue weighted by Crippen LogP contribution is 2.63. The van der Waals surface area contributed by atoms with Gasteiger partial charge in [0.2, 0.25) is 0 Å². The lowest BCUT2D eigenvalue weighted by molar-refractivity contribution is 0.0599. The lowest BCUT2D eigenvalue weighted by Gasteiger charge is -2.28. The molecule has 218 valence electrons. The number of hydrogen-bond donors (Lipinski definition) is 0. The number of esters is 2. The van der Waals surface area contributed by atoms with Crippen molar-refractivity contribution >= 4 is 29.3 Å². The molecule has 0 aliphatic carbocycles. The van der Waals surface area contributed by atoms with Crippen molar-refractivity contribution in [3.8, 4) is 0 Å². The molecule has 0 atom stereocenters. The number of rotatable bonds is 15. The number of carbonyl (C=O) groups is 2. The van der Waals surface area contributed by atoms with Crippen LogP contribution in [0.1, 0.15) is 91.1 Å². The van der Waals surface area contributed by atoms with E-state index in [1.54, 1.807) is 5.56 Å². The Balaban J connectivity index is 0.000000391. The van der Waals surface area contributed by atoms with E-state index in [2.05, 4.69) is 60.6 Å². The Morgan fingerprint density at radius 2 is 1.18 bits per heavy atom. The van der Waals surface area contributed by atoms with Crippen molar-refractivity contribution in [3.63, 3.8) is 0 Å². The minimum atomic E-state index is -4.53. The minimum Gasteiger partial charge on any atom is -0.748 e. The van der Waals surface area contributed by atoms with E-state index in [0.717, 1.165) is 14.2 Å². The van der Waals surface area contributed by atoms with Crippen LogP contribution >= 0.6 is 7.26 Å². The molecule has 0 spiro atoms. The Kier molecular flexibility index (Phi) is 16.2. The predicted molar refractivity (Wildman–Crippen MR) is 159 cm³/mol. The van der Waals surface area contributed by atoms with E-state index in [1.165, 1.54) is 81.4 Å². The summed E-state index contributed by atoms with van der Waals surface area (Å²) in [6.07, 6.45) is 14.4. The summed E-state index contributed by atoms with van der Waals surface area (Å²) in [6.45, 7) is 7.03. The van der Waals surface area contributed by atoms with Gasteiger partial charge in [-0.05, 0) is 48.6 Å². The van der Waals surface area contributed by atoms with Gasteiger partial charge in [-0.15, -0.1) is 0 Å². The second-order valence-corrected chi connectivity index (χ2v) is 15.6. The zero-order valence-electron chi connectivity index (χ0n) is 24.1. The molecule has 39 heavy (non-hydrogen) atoms. The number of hydrogen-bond acceptors (Lipinski definition) is 7. The van der Waals surface area contributed by atoms with Crippen LogP contribution in [0.2, 0.25) is 0 Å². The smallest absolute Gasteiger partial charge is 0.337 e. The number of carbonyl (C=O) groups excluding carboxylic acids is 2. The standard InChI is InChI=1S/C19H34P.C11H12O7S/c1-4-7-15-20(16-8-5-2,17-9-6-3)18-19-13-11-10-12-14-19;1-17-10(12)8-3-7(6-19(14,15)16)4-9(5-8)11(13)18-2/h10-14H,4-9,15-18H2,1-3H3;3-5H,6H2,1-2H3,(H,14,15,16)/q+1;/p-1. The Morgan fingerprint density at radius 1 is 0.744 bits per heavy atom. The molecule has 2 rings (SSSR count). The second-order valence-electron chi connectivity index (χ2n) is 9.82. The molecule has 0 N–H and O–H groups in total. The molecular formula is C30H45O7PS. The summed E-state index contributed by atoms with van der Waals surface area (Å²) in [6, 6.07) is 14.8. The van der Waals surface area contributed by atoms with E-state index >= 15 is 0 Å². The Bertz CT molecular complexity index is 1060. The molecule has 9 heteroatoms. The SMILES string of the molecule is CCCC[P+](CCCC)(CCCC)Cc1ccccc1.COC(=O)c1cc(CS(=O)(=O)[O-])cc(C(=O)OC)c1. The molecule has 0 aromatic heterocycles. The van der Waals surface area contributed by atoms with Gasteiger partial charge in [0.25, 0.3) is 0 Å². The van der Waals surface area contributed by atoms with Gasteiger partial charge in [-0.3, -0.25) is 0 Å². The van der Waals surface area contributed by atoms with Crippen LogP contribution in [0.3, 0.4) is 0 Å². The summed E-state index contributed by atoms with van der Waals surface area (Å²) in [4.78, 5) is 22.8. The molecule has 0 unspecified atom stereocenters. The van der Waals surface area contributed by atoms with Gasteiger partial charge in [0.1, 0.15) is 0 Å². The quantitative estimate of drug-likeness (QED) is 0.128. The zero-order chi connectivity index (χ0) is 29.3. The van der Waals surface area contributed by atoms with Gasteiger partial charge in [-0.1, -0.05) is 70.4 Å². The molecule has 0 saturated heterocycles. The maximum Gasteiger partial charge on any atom is 0.337 e. The Hall–Kier alpha value is -2.28. The zero-order valence-corrected chi connectivity index (χ0v) is 25.8. The maximum atomic E-state index is 11.4. The fourth-order valence-corrected chi connectivity index (χ4v) is 10.1. The van der Waals surface area contributed by atoms with Crippen LogP contribution in [0.4, 0.5) is 0 Å². The van der Waals surface area contributed by atoms with Gasteiger partial charge in [0.05, 0.1) is 65.9 Å². The average molecular weight is 581 g/mol. The Labute approximate surface area is 235 Å². The van der Waals surface area contributed by atoms with Crippen LogP contribution < -0.4 is 0 Å². The van der Waals surface area contributed by atoms with Crippen LogP contribution in [0.5, 0.6) is 0 Å². The van der Waals surface area contributed by atoms with E-state index < -0.39 is 35.1 Å². The van der Waals surface area contributed by atoms with E-state index in [9.17, 15) is 22.6 Å². The van der Waals surface area contributed by atoms with Gasteiger partial charge in [0.15, 0.2) is 0 Å². The molecule has 0 radical (unpaired) electrons. The molecule has 0 saturated carbocycles. The molecule has 0 bridgehead atoms. The molecule has 2 aromatic carbocycles. The topological polar surface area (TPSA) is 110 Å². The van der Waals surface area contributed by atoms with E-state index in [4.69, 9.17) is 0 Å². The van der Waals surface area contributed by atoms with Gasteiger partial charge in [-0.2, -0.15) is 0 Å². The summed E-state index contributed by atoms with van der Waals surface area (Å²) in [5, 5.41) is 0. The molecule has 0 fully saturated rings. The van der Waals surface area contributed by atoms with Crippen LogP contribution in [-0.4, -0.2) is 57.6 Å². The first-order valence-corrected chi connectivity index (χ1v) is 17.8. The van der Waals surface area contributed by atoms with Gasteiger partial charge in [-0.25, -0.2) is 18.0 Å². The summed E-state index contributed by atoms with van der Waals surface area (Å²) < 4.78 is 41.1. The van der Waals surface area contributed by atoms with Crippen LogP contribution in [0, 0.1) is 0 Å². The highest BCUT2D eigenvalue weighted by atomic mass is 32.2. The highest BCUT2D eigenvalue weighted by Gasteiger charge is 2.35. The van der Waals surface area contributed by atoms with Crippen LogP contribution in [-0.2, 0) is 31.5 Å². The van der Waals surface area contributed by atoms with Crippen molar-refractivity contribution in [2.75, 3.05) is 32.7 Å². The fourth-order valence-electron chi connectivity index (χ4n) is 4.47. The summed E-state index contributed by atoms with van der Waals surface area (Å²) in [5.41, 5.74) is 1.52. The van der Waals surface area contributed by atoms with Crippen molar-refractivity contribution < 1.29 is 32.0 Å². The van der Waals surface area contributed by atoms with Crippen LogP contribution in [0.25, 0.3) is 0 Å². The molecule has 2 aromatic rings. The van der Waals surface area contributed by atoms with Gasteiger partial charge in [0, 0.05) is 7.26 Å². The molecule has 0 amide bonds. The van der Waals surface area contributed by atoms with Gasteiger partial charge < -0.3 is 14.0 Å². The van der Waals surface area contributed by atoms with Crippen molar-refractivity contribution in [2.45, 2.75) is 71.2 Å². The molecule has 7 nitrogen and oxygen atoms in total. The average Bonchev–Trinajstić information content (AvgIpc) is 2.92. The first-order valence-electron chi connectivity index (χ1n) is 13.7. The van der Waals surface area contributed by atoms with E-state index in [1.807, 2.05) is 0 Å². The largest absolute Gasteiger partial charge is 0.748 e. The van der Waals surface area contributed by atoms with Gasteiger partial charge >= 0.3 is 11.9 Å². The predicted octanol–water partition coefficient (Wildman–Crippen LogP) is 6.91. The number of benzene rings is 2. The number of ether oxygens (including phenoxy) is 2. The maximum absolute atomic E-state index is 11.4. The molecular weight excluding hydrogens is 535 g/mol. The highest BCUT2D eigenvalue weighted by molar-refractivity contribution is 7.84. The summed E-state index contributed by atoms with van der Waals surface area (Å²) >= 11 is 0. The van der Waals surface area contributed by atoms with E-state index in [0.29, 0.717) is 0 Å². The monoisotopic (exact) mass is 580 g/mol. The van der Waals surface area contributed by atoms with Crippen molar-refractivity contribution in [3.05, 3.63) is 70.8 Å². The summed E-state index contributed by atoms with van der Waals surface area (Å²) in [5.74, 6) is -2.34. The third kappa shape index (κ3) is 13.6. The normalized spacial score (nSPS) is 11.3. The van der Waals surface area contributed by atoms with Crippen molar-refractivity contribution in [2.24, 2.45) is 0 Å². The second kappa shape index (κ2) is 18.1. The summed E-state index contributed by atoms with van der Waals surface area (Å²) in [7, 11) is -3.03. The molecule has 0 aliphatic rings. The van der Waals surface area contributed by atoms with Crippen molar-refractivity contribution in [1.29, 1.82) is 0 Å².